The molecule has 0 aliphatic carbocycles. The molecule has 1 heterocycles. The minimum atomic E-state index is -1.39. The van der Waals surface area contributed by atoms with Crippen LogP contribution in [0.15, 0.2) is 18.2 Å². The van der Waals surface area contributed by atoms with E-state index in [0.29, 0.717) is 30.8 Å². The second kappa shape index (κ2) is 3.56. The van der Waals surface area contributed by atoms with Crippen molar-refractivity contribution in [3.8, 4) is 11.8 Å². The quantitative estimate of drug-likeness (QED) is 0.655. The lowest BCUT2D eigenvalue weighted by molar-refractivity contribution is 0.0884. The third-order valence-corrected chi connectivity index (χ3v) is 2.71. The van der Waals surface area contributed by atoms with Gasteiger partial charge in [-0.15, -0.1) is 0 Å². The predicted molar refractivity (Wildman–Crippen MR) is 55.4 cm³/mol. The number of benzene rings is 1. The first-order valence-electron chi connectivity index (χ1n) is 5.03. The van der Waals surface area contributed by atoms with E-state index in [-0.39, 0.29) is 0 Å². The van der Waals surface area contributed by atoms with Crippen LogP contribution in [-0.2, 0) is 5.60 Å². The van der Waals surface area contributed by atoms with Crippen molar-refractivity contribution in [2.75, 3.05) is 6.61 Å². The number of nitriles is 1. The summed E-state index contributed by atoms with van der Waals surface area (Å²) in [7, 11) is 0. The second-order valence-corrected chi connectivity index (χ2v) is 3.92. The van der Waals surface area contributed by atoms with E-state index in [1.54, 1.807) is 0 Å². The summed E-state index contributed by atoms with van der Waals surface area (Å²) in [6, 6.07) is 7.54. The van der Waals surface area contributed by atoms with Crippen molar-refractivity contribution in [1.29, 1.82) is 5.26 Å². The largest absolute Gasteiger partial charge is 0.493 e. The van der Waals surface area contributed by atoms with Crippen LogP contribution in [0.1, 0.15) is 24.0 Å². The molecule has 1 aromatic carbocycles. The first-order valence-corrected chi connectivity index (χ1v) is 5.03. The molecule has 1 N–H and O–H groups in total. The number of hydrogen-bond donors (Lipinski definition) is 1. The molecule has 1 aliphatic heterocycles. The van der Waals surface area contributed by atoms with E-state index < -0.39 is 5.60 Å². The van der Waals surface area contributed by atoms with E-state index in [1.165, 1.54) is 0 Å². The van der Waals surface area contributed by atoms with Crippen molar-refractivity contribution in [2.45, 2.75) is 25.4 Å². The average molecular weight is 203 g/mol. The maximum absolute atomic E-state index is 10.2. The van der Waals surface area contributed by atoms with Gasteiger partial charge in [0.1, 0.15) is 11.8 Å². The predicted octanol–water partition coefficient (Wildman–Crippen LogP) is 1.88. The molecule has 0 fully saturated rings. The molecule has 0 amide bonds. The van der Waals surface area contributed by atoms with Gasteiger partial charge in [-0.2, -0.15) is 5.26 Å². The van der Waals surface area contributed by atoms with E-state index in [4.69, 9.17) is 10.00 Å². The lowest BCUT2D eigenvalue weighted by Gasteiger charge is -2.19. The molecule has 0 aromatic heterocycles. The lowest BCUT2D eigenvalue weighted by atomic mass is 9.90. The normalized spacial score (nSPS) is 24.6. The minimum absolute atomic E-state index is 0.431. The number of aryl methyl sites for hydroxylation is 1. The van der Waals surface area contributed by atoms with Crippen LogP contribution >= 0.6 is 0 Å². The van der Waals surface area contributed by atoms with Gasteiger partial charge in [-0.25, -0.2) is 0 Å². The summed E-state index contributed by atoms with van der Waals surface area (Å²) in [5.41, 5.74) is 0.230. The van der Waals surface area contributed by atoms with Crippen LogP contribution in [0, 0.1) is 18.3 Å². The van der Waals surface area contributed by atoms with Gasteiger partial charge in [0.15, 0.2) is 5.60 Å². The Hall–Kier alpha value is -1.53. The van der Waals surface area contributed by atoms with E-state index in [1.807, 2.05) is 31.2 Å². The number of fused-ring (bicyclic) bond motifs is 1. The van der Waals surface area contributed by atoms with Gasteiger partial charge in [0.2, 0.25) is 0 Å². The van der Waals surface area contributed by atoms with Gasteiger partial charge in [0.25, 0.3) is 0 Å². The summed E-state index contributed by atoms with van der Waals surface area (Å²) < 4.78 is 5.49. The molecule has 0 saturated carbocycles. The highest BCUT2D eigenvalue weighted by atomic mass is 16.5. The lowest BCUT2D eigenvalue weighted by Crippen LogP contribution is -2.22. The number of rotatable bonds is 0. The zero-order valence-corrected chi connectivity index (χ0v) is 8.66. The van der Waals surface area contributed by atoms with Crippen LogP contribution in [0.25, 0.3) is 0 Å². The molecule has 15 heavy (non-hydrogen) atoms. The molecule has 0 bridgehead atoms. The van der Waals surface area contributed by atoms with Crippen LogP contribution in [0.5, 0.6) is 5.75 Å². The fourth-order valence-electron chi connectivity index (χ4n) is 1.85. The van der Waals surface area contributed by atoms with Gasteiger partial charge in [-0.1, -0.05) is 11.6 Å². The first kappa shape index (κ1) is 10.0. The standard InChI is InChI=1S/C12H13NO2/c1-9-3-4-11-10(7-9)12(14,8-13)5-2-6-15-11/h3-4,7,14H,2,5-6H2,1H3. The Morgan fingerprint density at radius 2 is 2.33 bits per heavy atom. The monoisotopic (exact) mass is 203 g/mol. The molecule has 3 nitrogen and oxygen atoms in total. The fourth-order valence-corrected chi connectivity index (χ4v) is 1.85. The number of aliphatic hydroxyl groups is 1. The van der Waals surface area contributed by atoms with Crippen LogP contribution < -0.4 is 4.74 Å². The summed E-state index contributed by atoms with van der Waals surface area (Å²) in [5, 5.41) is 19.3. The van der Waals surface area contributed by atoms with Gasteiger partial charge in [0.05, 0.1) is 6.61 Å². The smallest absolute Gasteiger partial charge is 0.180 e. The first-order chi connectivity index (χ1) is 7.15. The Bertz CT molecular complexity index is 422. The van der Waals surface area contributed by atoms with Crippen molar-refractivity contribution in [3.05, 3.63) is 29.3 Å². The molecule has 1 unspecified atom stereocenters. The van der Waals surface area contributed by atoms with Gasteiger partial charge in [-0.05, 0) is 31.9 Å². The Labute approximate surface area is 88.9 Å². The van der Waals surface area contributed by atoms with Gasteiger partial charge in [0, 0.05) is 5.56 Å². The summed E-state index contributed by atoms with van der Waals surface area (Å²) in [4.78, 5) is 0. The molecule has 2 rings (SSSR count). The molecule has 0 spiro atoms. The zero-order valence-electron chi connectivity index (χ0n) is 8.66. The third-order valence-electron chi connectivity index (χ3n) is 2.71. The van der Waals surface area contributed by atoms with Crippen molar-refractivity contribution in [2.24, 2.45) is 0 Å². The molecule has 1 aromatic rings. The molecule has 0 radical (unpaired) electrons. The molecule has 1 aliphatic rings. The van der Waals surface area contributed by atoms with Crippen LogP contribution in [0.4, 0.5) is 0 Å². The molecular formula is C12H13NO2. The van der Waals surface area contributed by atoms with Crippen molar-refractivity contribution in [3.63, 3.8) is 0 Å². The molecule has 1 atom stereocenters. The SMILES string of the molecule is Cc1ccc2c(c1)C(O)(C#N)CCCO2. The van der Waals surface area contributed by atoms with Gasteiger partial charge >= 0.3 is 0 Å². The van der Waals surface area contributed by atoms with Crippen LogP contribution in [0.2, 0.25) is 0 Å². The Kier molecular flexibility index (Phi) is 2.37. The second-order valence-electron chi connectivity index (χ2n) is 3.92. The summed E-state index contributed by atoms with van der Waals surface area (Å²) in [6.45, 7) is 2.49. The zero-order chi connectivity index (χ0) is 10.9. The van der Waals surface area contributed by atoms with Gasteiger partial charge in [-0.3, -0.25) is 0 Å². The van der Waals surface area contributed by atoms with E-state index in [0.717, 1.165) is 5.56 Å². The minimum Gasteiger partial charge on any atom is -0.493 e. The summed E-state index contributed by atoms with van der Waals surface area (Å²) in [5.74, 6) is 0.627. The van der Waals surface area contributed by atoms with E-state index in [2.05, 4.69) is 0 Å². The van der Waals surface area contributed by atoms with Crippen molar-refractivity contribution < 1.29 is 9.84 Å². The maximum Gasteiger partial charge on any atom is 0.180 e. The molecular weight excluding hydrogens is 190 g/mol. The number of nitrogens with zero attached hydrogens (tertiary/aromatic N) is 1. The van der Waals surface area contributed by atoms with Crippen molar-refractivity contribution in [1.82, 2.24) is 0 Å². The average Bonchev–Trinajstić information content (AvgIpc) is 2.40. The highest BCUT2D eigenvalue weighted by molar-refractivity contribution is 5.44. The highest BCUT2D eigenvalue weighted by Gasteiger charge is 2.34. The summed E-state index contributed by atoms with van der Waals surface area (Å²) in [6.07, 6.45) is 1.12. The topological polar surface area (TPSA) is 53.2 Å². The van der Waals surface area contributed by atoms with Crippen LogP contribution in [-0.4, -0.2) is 11.7 Å². The Morgan fingerprint density at radius 3 is 3.07 bits per heavy atom. The fraction of sp³-hybridized carbons (Fsp3) is 0.417. The highest BCUT2D eigenvalue weighted by Crippen LogP contribution is 2.36. The van der Waals surface area contributed by atoms with E-state index in [9.17, 15) is 5.11 Å². The van der Waals surface area contributed by atoms with Crippen LogP contribution in [0.3, 0.4) is 0 Å². The maximum atomic E-state index is 10.2. The molecule has 78 valence electrons. The third kappa shape index (κ3) is 1.69. The molecule has 0 saturated heterocycles. The number of hydrogen-bond acceptors (Lipinski definition) is 3. The Morgan fingerprint density at radius 1 is 1.53 bits per heavy atom. The van der Waals surface area contributed by atoms with Crippen molar-refractivity contribution >= 4 is 0 Å². The Balaban J connectivity index is 2.58. The number of ether oxygens (including phenoxy) is 1. The summed E-state index contributed by atoms with van der Waals surface area (Å²) >= 11 is 0. The van der Waals surface area contributed by atoms with Gasteiger partial charge < -0.3 is 9.84 Å². The van der Waals surface area contributed by atoms with E-state index >= 15 is 0 Å². The molecule has 3 heteroatoms.